The second-order valence-electron chi connectivity index (χ2n) is 4.56. The molecule has 0 aliphatic heterocycles. The van der Waals surface area contributed by atoms with Gasteiger partial charge in [-0.05, 0) is 24.4 Å². The van der Waals surface area contributed by atoms with Crippen LogP contribution in [0.25, 0.3) is 0 Å². The van der Waals surface area contributed by atoms with Crippen molar-refractivity contribution in [3.05, 3.63) is 42.5 Å². The predicted octanol–water partition coefficient (Wildman–Crippen LogP) is 2.01. The van der Waals surface area contributed by atoms with Gasteiger partial charge in [-0.1, -0.05) is 36.4 Å². The van der Waals surface area contributed by atoms with Gasteiger partial charge in [0.2, 0.25) is 8.32 Å². The third-order valence-corrected chi connectivity index (χ3v) is 5.43. The largest absolute Gasteiger partial charge is 0.406 e. The van der Waals surface area contributed by atoms with E-state index in [1.807, 2.05) is 24.3 Å². The molecule has 1 aromatic carbocycles. The predicted molar refractivity (Wildman–Crippen MR) is 67.2 cm³/mol. The van der Waals surface area contributed by atoms with E-state index in [4.69, 9.17) is 4.43 Å². The molecule has 0 fully saturated rings. The number of ketones is 1. The van der Waals surface area contributed by atoms with Crippen LogP contribution in [0.1, 0.15) is 6.42 Å². The monoisotopic (exact) mass is 232 g/mol. The molecule has 2 nitrogen and oxygen atoms in total. The molecule has 1 unspecified atom stereocenters. The molecule has 0 saturated heterocycles. The molecule has 1 atom stereocenters. The van der Waals surface area contributed by atoms with Gasteiger partial charge in [0.1, 0.15) is 0 Å². The number of rotatable bonds is 3. The summed E-state index contributed by atoms with van der Waals surface area (Å²) >= 11 is 0. The summed E-state index contributed by atoms with van der Waals surface area (Å²) < 4.78 is 6.09. The number of benzene rings is 1. The van der Waals surface area contributed by atoms with Gasteiger partial charge in [-0.2, -0.15) is 0 Å². The van der Waals surface area contributed by atoms with Gasteiger partial charge < -0.3 is 4.43 Å². The Labute approximate surface area is 97.1 Å². The quantitative estimate of drug-likeness (QED) is 0.745. The van der Waals surface area contributed by atoms with E-state index in [0.29, 0.717) is 6.42 Å². The number of allylic oxidation sites excluding steroid dienone is 1. The van der Waals surface area contributed by atoms with E-state index >= 15 is 0 Å². The van der Waals surface area contributed by atoms with Gasteiger partial charge in [0.05, 0.1) is 6.10 Å². The van der Waals surface area contributed by atoms with Crippen molar-refractivity contribution >= 4 is 19.3 Å². The van der Waals surface area contributed by atoms with Crippen LogP contribution in [0, 0.1) is 0 Å². The number of hydrogen-bond acceptors (Lipinski definition) is 2. The summed E-state index contributed by atoms with van der Waals surface area (Å²) in [5.41, 5.74) is 0. The van der Waals surface area contributed by atoms with Crippen LogP contribution >= 0.6 is 0 Å². The molecule has 1 aliphatic rings. The van der Waals surface area contributed by atoms with E-state index < -0.39 is 8.32 Å². The van der Waals surface area contributed by atoms with Crippen molar-refractivity contribution < 1.29 is 9.22 Å². The highest BCUT2D eigenvalue weighted by atomic mass is 28.4. The van der Waals surface area contributed by atoms with E-state index in [2.05, 4.69) is 25.2 Å². The zero-order valence-electron chi connectivity index (χ0n) is 9.64. The molecule has 1 aliphatic carbocycles. The standard InChI is InChI=1S/C13H16O2Si/c1-16(2,13-6-4-3-5-7-13)15-12-9-8-11(14)10-12/h3-9,12H,10H2,1-2H3. The maximum Gasteiger partial charge on any atom is 0.218 e. The molecule has 0 radical (unpaired) electrons. The van der Waals surface area contributed by atoms with Crippen LogP contribution in [-0.2, 0) is 9.22 Å². The van der Waals surface area contributed by atoms with Crippen molar-refractivity contribution in [2.45, 2.75) is 25.6 Å². The van der Waals surface area contributed by atoms with Gasteiger partial charge in [0.15, 0.2) is 5.78 Å². The molecule has 84 valence electrons. The maximum atomic E-state index is 11.1. The number of carbonyl (C=O) groups is 1. The summed E-state index contributed by atoms with van der Waals surface area (Å²) in [5.74, 6) is 0.169. The van der Waals surface area contributed by atoms with Crippen LogP contribution in [0.5, 0.6) is 0 Å². The fraction of sp³-hybridized carbons (Fsp3) is 0.308. The van der Waals surface area contributed by atoms with Gasteiger partial charge >= 0.3 is 0 Å². The number of carbonyl (C=O) groups excluding carboxylic acids is 1. The normalized spacial score (nSPS) is 20.4. The third-order valence-electron chi connectivity index (χ3n) is 2.81. The van der Waals surface area contributed by atoms with Crippen LogP contribution in [-0.4, -0.2) is 20.2 Å². The van der Waals surface area contributed by atoms with E-state index in [1.54, 1.807) is 6.08 Å². The Bertz CT molecular complexity index is 409. The minimum Gasteiger partial charge on any atom is -0.406 e. The molecule has 0 spiro atoms. The zero-order valence-corrected chi connectivity index (χ0v) is 10.6. The van der Waals surface area contributed by atoms with Gasteiger partial charge in [-0.25, -0.2) is 0 Å². The molecule has 0 amide bonds. The molecule has 1 aromatic rings. The average molecular weight is 232 g/mol. The smallest absolute Gasteiger partial charge is 0.218 e. The third kappa shape index (κ3) is 2.48. The molecule has 2 rings (SSSR count). The first-order valence-electron chi connectivity index (χ1n) is 5.52. The second-order valence-corrected chi connectivity index (χ2v) is 8.40. The van der Waals surface area contributed by atoms with Crippen molar-refractivity contribution in [3.8, 4) is 0 Å². The van der Waals surface area contributed by atoms with Gasteiger partial charge in [-0.15, -0.1) is 0 Å². The Kier molecular flexibility index (Phi) is 3.07. The van der Waals surface area contributed by atoms with Crippen molar-refractivity contribution in [2.24, 2.45) is 0 Å². The Balaban J connectivity index is 2.09. The molecule has 0 heterocycles. The topological polar surface area (TPSA) is 26.3 Å². The highest BCUT2D eigenvalue weighted by Crippen LogP contribution is 2.16. The van der Waals surface area contributed by atoms with Crippen molar-refractivity contribution in [1.82, 2.24) is 0 Å². The zero-order chi connectivity index (χ0) is 11.6. The average Bonchev–Trinajstić information content (AvgIpc) is 2.64. The molecule has 0 saturated carbocycles. The summed E-state index contributed by atoms with van der Waals surface area (Å²) in [5, 5.41) is 1.27. The van der Waals surface area contributed by atoms with Crippen LogP contribution in [0.2, 0.25) is 13.1 Å². The SMILES string of the molecule is C[Si](C)(OC1C=CC(=O)C1)c1ccccc1. The first-order chi connectivity index (χ1) is 7.58. The Morgan fingerprint density at radius 1 is 1.25 bits per heavy atom. The molecule has 16 heavy (non-hydrogen) atoms. The van der Waals surface area contributed by atoms with Crippen LogP contribution in [0.3, 0.4) is 0 Å². The molecule has 0 aromatic heterocycles. The summed E-state index contributed by atoms with van der Waals surface area (Å²) in [4.78, 5) is 11.1. The second kappa shape index (κ2) is 4.35. The van der Waals surface area contributed by atoms with Crippen LogP contribution in [0.4, 0.5) is 0 Å². The minimum absolute atomic E-state index is 0.0191. The van der Waals surface area contributed by atoms with E-state index in [0.717, 1.165) is 0 Å². The maximum absolute atomic E-state index is 11.1. The lowest BCUT2D eigenvalue weighted by molar-refractivity contribution is -0.114. The van der Waals surface area contributed by atoms with Gasteiger partial charge in [-0.3, -0.25) is 4.79 Å². The Morgan fingerprint density at radius 2 is 1.94 bits per heavy atom. The summed E-state index contributed by atoms with van der Waals surface area (Å²) in [6, 6.07) is 10.3. The fourth-order valence-corrected chi connectivity index (χ4v) is 3.97. The van der Waals surface area contributed by atoms with Gasteiger partial charge in [0, 0.05) is 6.42 Å². The summed E-state index contributed by atoms with van der Waals surface area (Å²) in [6.07, 6.45) is 3.98. The van der Waals surface area contributed by atoms with E-state index in [-0.39, 0.29) is 11.9 Å². The highest BCUT2D eigenvalue weighted by molar-refractivity contribution is 6.84. The molecular formula is C13H16O2Si. The summed E-state index contributed by atoms with van der Waals surface area (Å²) in [7, 11) is -1.88. The highest BCUT2D eigenvalue weighted by Gasteiger charge is 2.30. The first kappa shape index (κ1) is 11.3. The molecule has 3 heteroatoms. The van der Waals surface area contributed by atoms with Crippen molar-refractivity contribution in [1.29, 1.82) is 0 Å². The van der Waals surface area contributed by atoms with E-state index in [9.17, 15) is 4.79 Å². The fourth-order valence-electron chi connectivity index (χ4n) is 1.92. The summed E-state index contributed by atoms with van der Waals surface area (Å²) in [6.45, 7) is 4.33. The lowest BCUT2D eigenvalue weighted by Crippen LogP contribution is -2.46. The molecular weight excluding hydrogens is 216 g/mol. The van der Waals surface area contributed by atoms with Crippen molar-refractivity contribution in [2.75, 3.05) is 0 Å². The molecule has 0 bridgehead atoms. The Hall–Kier alpha value is -1.19. The van der Waals surface area contributed by atoms with Crippen LogP contribution < -0.4 is 5.19 Å². The van der Waals surface area contributed by atoms with E-state index in [1.165, 1.54) is 5.19 Å². The molecule has 0 N–H and O–H groups in total. The van der Waals surface area contributed by atoms with Crippen molar-refractivity contribution in [3.63, 3.8) is 0 Å². The Morgan fingerprint density at radius 3 is 2.50 bits per heavy atom. The minimum atomic E-state index is -1.88. The first-order valence-corrected chi connectivity index (χ1v) is 8.43. The number of hydrogen-bond donors (Lipinski definition) is 0. The van der Waals surface area contributed by atoms with Gasteiger partial charge in [0.25, 0.3) is 0 Å². The van der Waals surface area contributed by atoms with Crippen LogP contribution in [0.15, 0.2) is 42.5 Å². The lowest BCUT2D eigenvalue weighted by Gasteiger charge is -2.26. The lowest BCUT2D eigenvalue weighted by atomic mass is 10.3.